The third kappa shape index (κ3) is 7.41. The molecule has 0 aliphatic carbocycles. The van der Waals surface area contributed by atoms with E-state index in [0.717, 1.165) is 5.56 Å². The molecule has 37 heavy (non-hydrogen) atoms. The molecule has 198 valence electrons. The van der Waals surface area contributed by atoms with E-state index < -0.39 is 22.0 Å². The summed E-state index contributed by atoms with van der Waals surface area (Å²) < 4.78 is 28.2. The number of nitrogens with zero attached hydrogens (tertiary/aromatic N) is 1. The van der Waals surface area contributed by atoms with Crippen LogP contribution in [0.4, 0.5) is 0 Å². The zero-order valence-corrected chi connectivity index (χ0v) is 22.2. The molecule has 8 heteroatoms. The van der Waals surface area contributed by atoms with Gasteiger partial charge >= 0.3 is 0 Å². The molecular formula is C29H35NO6S. The Kier molecular flexibility index (Phi) is 9.48. The number of hydrogen-bond donors (Lipinski definition) is 3. The molecule has 3 rings (SSSR count). The SMILES string of the molecule is Cc1c(O)cccc1C(=O)C[C@@H](Cc1ccccc1)[C@H](O)CN(CC(C)C)S(=O)(=O)c1cccc(O)c1. The van der Waals surface area contributed by atoms with E-state index in [2.05, 4.69) is 0 Å². The van der Waals surface area contributed by atoms with Crippen molar-refractivity contribution < 1.29 is 28.5 Å². The Morgan fingerprint density at radius 2 is 1.59 bits per heavy atom. The summed E-state index contributed by atoms with van der Waals surface area (Å²) in [7, 11) is -4.02. The average molecular weight is 526 g/mol. The molecule has 3 aromatic carbocycles. The van der Waals surface area contributed by atoms with Crippen LogP contribution in [0.1, 0.15) is 41.8 Å². The van der Waals surface area contributed by atoms with Gasteiger partial charge in [-0.2, -0.15) is 4.31 Å². The van der Waals surface area contributed by atoms with Gasteiger partial charge in [0.15, 0.2) is 5.78 Å². The van der Waals surface area contributed by atoms with Crippen molar-refractivity contribution in [2.24, 2.45) is 11.8 Å². The molecule has 3 N–H and O–H groups in total. The number of aliphatic hydroxyl groups is 1. The normalized spacial score (nSPS) is 13.6. The summed E-state index contributed by atoms with van der Waals surface area (Å²) in [5, 5.41) is 31.3. The van der Waals surface area contributed by atoms with Gasteiger partial charge in [0, 0.05) is 30.6 Å². The van der Waals surface area contributed by atoms with Crippen LogP contribution >= 0.6 is 0 Å². The summed E-state index contributed by atoms with van der Waals surface area (Å²) in [6.45, 7) is 5.38. The van der Waals surface area contributed by atoms with Gasteiger partial charge in [-0.05, 0) is 55.0 Å². The number of aliphatic hydroxyl groups excluding tert-OH is 1. The van der Waals surface area contributed by atoms with E-state index in [4.69, 9.17) is 0 Å². The minimum absolute atomic E-state index is 0.0197. The van der Waals surface area contributed by atoms with E-state index in [9.17, 15) is 28.5 Å². The zero-order valence-electron chi connectivity index (χ0n) is 21.4. The molecule has 0 saturated heterocycles. The molecular weight excluding hydrogens is 490 g/mol. The molecule has 0 spiro atoms. The molecule has 0 aliphatic heterocycles. The van der Waals surface area contributed by atoms with Gasteiger partial charge in [-0.15, -0.1) is 0 Å². The van der Waals surface area contributed by atoms with Crippen molar-refractivity contribution in [1.82, 2.24) is 4.31 Å². The van der Waals surface area contributed by atoms with E-state index in [1.165, 1.54) is 34.6 Å². The van der Waals surface area contributed by atoms with Gasteiger partial charge in [0.2, 0.25) is 10.0 Å². The number of Topliss-reactive ketones (excluding diaryl/α,β-unsaturated/α-hetero) is 1. The highest BCUT2D eigenvalue weighted by atomic mass is 32.2. The third-order valence-electron chi connectivity index (χ3n) is 6.35. The summed E-state index contributed by atoms with van der Waals surface area (Å²) in [6, 6.07) is 19.6. The van der Waals surface area contributed by atoms with E-state index in [0.29, 0.717) is 17.5 Å². The second-order valence-corrected chi connectivity index (χ2v) is 11.7. The second kappa shape index (κ2) is 12.4. The van der Waals surface area contributed by atoms with Crippen LogP contribution in [-0.4, -0.2) is 53.0 Å². The lowest BCUT2D eigenvalue weighted by Gasteiger charge is -2.30. The maximum Gasteiger partial charge on any atom is 0.243 e. The number of aromatic hydroxyl groups is 2. The standard InChI is InChI=1S/C29H35NO6S/c1-20(2)18-30(37(35,36)25-12-7-11-24(31)17-25)19-29(34)23(15-22-9-5-4-6-10-22)16-28(33)26-13-8-14-27(32)21(26)3/h4-14,17,20,23,29,31-32,34H,15-16,18-19H2,1-3H3/t23-,29-/m1/s1. The molecule has 0 aliphatic rings. The number of phenolic OH excluding ortho intramolecular Hbond substituents is 2. The van der Waals surface area contributed by atoms with Crippen molar-refractivity contribution >= 4 is 15.8 Å². The first-order valence-corrected chi connectivity index (χ1v) is 13.8. The lowest BCUT2D eigenvalue weighted by atomic mass is 9.87. The first-order chi connectivity index (χ1) is 17.5. The first-order valence-electron chi connectivity index (χ1n) is 12.3. The Hall–Kier alpha value is -3.20. The fourth-order valence-electron chi connectivity index (χ4n) is 4.36. The highest BCUT2D eigenvalue weighted by Crippen LogP contribution is 2.27. The summed E-state index contributed by atoms with van der Waals surface area (Å²) >= 11 is 0. The van der Waals surface area contributed by atoms with Gasteiger partial charge in [0.25, 0.3) is 0 Å². The lowest BCUT2D eigenvalue weighted by molar-refractivity contribution is 0.0689. The van der Waals surface area contributed by atoms with Crippen molar-refractivity contribution in [3.63, 3.8) is 0 Å². The average Bonchev–Trinajstić information content (AvgIpc) is 2.85. The highest BCUT2D eigenvalue weighted by Gasteiger charge is 2.32. The topological polar surface area (TPSA) is 115 Å². The minimum Gasteiger partial charge on any atom is -0.508 e. The van der Waals surface area contributed by atoms with Crippen molar-refractivity contribution in [1.29, 1.82) is 0 Å². The van der Waals surface area contributed by atoms with Gasteiger partial charge in [-0.3, -0.25) is 4.79 Å². The molecule has 0 radical (unpaired) electrons. The summed E-state index contributed by atoms with van der Waals surface area (Å²) in [6.07, 6.45) is -0.803. The molecule has 7 nitrogen and oxygen atoms in total. The number of rotatable bonds is 12. The smallest absolute Gasteiger partial charge is 0.243 e. The highest BCUT2D eigenvalue weighted by molar-refractivity contribution is 7.89. The monoisotopic (exact) mass is 525 g/mol. The van der Waals surface area contributed by atoms with Crippen LogP contribution in [0.3, 0.4) is 0 Å². The van der Waals surface area contributed by atoms with Gasteiger partial charge in [0.05, 0.1) is 11.0 Å². The van der Waals surface area contributed by atoms with Crippen LogP contribution in [0, 0.1) is 18.8 Å². The van der Waals surface area contributed by atoms with Gasteiger partial charge in [-0.25, -0.2) is 8.42 Å². The Morgan fingerprint density at radius 1 is 0.919 bits per heavy atom. The Labute approximate surface area is 219 Å². The zero-order chi connectivity index (χ0) is 27.2. The second-order valence-electron chi connectivity index (χ2n) is 9.81. The number of sulfonamides is 1. The quantitative estimate of drug-likeness (QED) is 0.299. The number of hydrogen-bond acceptors (Lipinski definition) is 6. The van der Waals surface area contributed by atoms with Crippen molar-refractivity contribution in [2.75, 3.05) is 13.1 Å². The maximum absolute atomic E-state index is 13.5. The predicted molar refractivity (Wildman–Crippen MR) is 143 cm³/mol. The molecule has 0 amide bonds. The number of carbonyl (C=O) groups excluding carboxylic acids is 1. The molecule has 3 aromatic rings. The van der Waals surface area contributed by atoms with Crippen LogP contribution in [0.25, 0.3) is 0 Å². The van der Waals surface area contributed by atoms with Crippen molar-refractivity contribution in [2.45, 2.75) is 44.6 Å². The van der Waals surface area contributed by atoms with Gasteiger partial charge in [0.1, 0.15) is 11.5 Å². The molecule has 0 saturated carbocycles. The molecule has 0 heterocycles. The fourth-order valence-corrected chi connectivity index (χ4v) is 6.03. The fraction of sp³-hybridized carbons (Fsp3) is 0.345. The molecule has 0 unspecified atom stereocenters. The van der Waals surface area contributed by atoms with Gasteiger partial charge in [-0.1, -0.05) is 62.4 Å². The summed E-state index contributed by atoms with van der Waals surface area (Å²) in [5.41, 5.74) is 1.75. The number of benzene rings is 3. The number of phenols is 2. The van der Waals surface area contributed by atoms with Gasteiger partial charge < -0.3 is 15.3 Å². The summed E-state index contributed by atoms with van der Waals surface area (Å²) in [4.78, 5) is 13.2. The number of carbonyl (C=O) groups is 1. The lowest BCUT2D eigenvalue weighted by Crippen LogP contribution is -2.43. The van der Waals surface area contributed by atoms with Crippen molar-refractivity contribution in [3.05, 3.63) is 89.5 Å². The number of ketones is 1. The van der Waals surface area contributed by atoms with Crippen LogP contribution in [-0.2, 0) is 16.4 Å². The van der Waals surface area contributed by atoms with Crippen LogP contribution < -0.4 is 0 Å². The minimum atomic E-state index is -4.02. The van der Waals surface area contributed by atoms with Crippen LogP contribution in [0.15, 0.2) is 77.7 Å². The molecule has 0 aromatic heterocycles. The first kappa shape index (κ1) is 28.4. The largest absolute Gasteiger partial charge is 0.508 e. The van der Waals surface area contributed by atoms with E-state index in [1.54, 1.807) is 19.1 Å². The Balaban J connectivity index is 1.92. The molecule has 0 fully saturated rings. The van der Waals surface area contributed by atoms with Crippen molar-refractivity contribution in [3.8, 4) is 11.5 Å². The third-order valence-corrected chi connectivity index (χ3v) is 8.18. The van der Waals surface area contributed by atoms with Crippen LogP contribution in [0.5, 0.6) is 11.5 Å². The molecule has 2 atom stereocenters. The van der Waals surface area contributed by atoms with E-state index in [-0.39, 0.29) is 47.6 Å². The summed E-state index contributed by atoms with van der Waals surface area (Å²) in [5.74, 6) is -0.986. The molecule has 0 bridgehead atoms. The Morgan fingerprint density at radius 3 is 2.24 bits per heavy atom. The van der Waals surface area contributed by atoms with E-state index in [1.807, 2.05) is 44.2 Å². The predicted octanol–water partition coefficient (Wildman–Crippen LogP) is 4.55. The van der Waals surface area contributed by atoms with Crippen LogP contribution in [0.2, 0.25) is 0 Å². The Bertz CT molecular complexity index is 1310. The maximum atomic E-state index is 13.5. The van der Waals surface area contributed by atoms with E-state index >= 15 is 0 Å².